The molecule has 0 aliphatic carbocycles. The molecule has 492 valence electrons. The van der Waals surface area contributed by atoms with E-state index in [1.165, 1.54) is 116 Å². The minimum absolute atomic E-state index is 0.102. The van der Waals surface area contributed by atoms with Crippen molar-refractivity contribution in [2.45, 2.75) is 330 Å². The number of carbonyl (C=O) groups excluding carboxylic acids is 4. The molecule has 0 rings (SSSR count). The molecule has 0 spiro atoms. The minimum atomic E-state index is -4.95. The fourth-order valence-corrected chi connectivity index (χ4v) is 11.0. The van der Waals surface area contributed by atoms with E-state index < -0.39 is 97.5 Å². The van der Waals surface area contributed by atoms with Gasteiger partial charge in [0.25, 0.3) is 0 Å². The molecule has 0 radical (unpaired) electrons. The first-order chi connectivity index (χ1) is 39.8. The number of phosphoric ester groups is 2. The molecule has 0 aromatic carbocycles. The van der Waals surface area contributed by atoms with E-state index in [2.05, 4.69) is 48.5 Å². The van der Waals surface area contributed by atoms with Gasteiger partial charge in [0.05, 0.1) is 26.4 Å². The molecule has 19 heteroatoms. The molecule has 0 aromatic heterocycles. The molecule has 0 aliphatic rings. The van der Waals surface area contributed by atoms with Gasteiger partial charge >= 0.3 is 39.5 Å². The molecule has 0 saturated carbocycles. The zero-order valence-electron chi connectivity index (χ0n) is 53.6. The smallest absolute Gasteiger partial charge is 0.462 e. The summed E-state index contributed by atoms with van der Waals surface area (Å²) in [5, 5.41) is 10.5. The van der Waals surface area contributed by atoms with Gasteiger partial charge in [-0.1, -0.05) is 260 Å². The highest BCUT2D eigenvalue weighted by Crippen LogP contribution is 2.45. The Balaban J connectivity index is 5.19. The number of hydrogen-bond donors (Lipinski definition) is 3. The van der Waals surface area contributed by atoms with Crippen LogP contribution in [0, 0.1) is 17.8 Å². The van der Waals surface area contributed by atoms with E-state index in [-0.39, 0.29) is 25.7 Å². The first kappa shape index (κ1) is 81.1. The van der Waals surface area contributed by atoms with E-state index in [9.17, 15) is 43.2 Å². The molecule has 0 fully saturated rings. The number of ether oxygens (including phenoxy) is 4. The molecule has 3 N–H and O–H groups in total. The van der Waals surface area contributed by atoms with E-state index >= 15 is 0 Å². The predicted octanol–water partition coefficient (Wildman–Crippen LogP) is 17.5. The minimum Gasteiger partial charge on any atom is -0.462 e. The topological polar surface area (TPSA) is 237 Å². The van der Waals surface area contributed by atoms with Gasteiger partial charge in [0.15, 0.2) is 12.2 Å². The van der Waals surface area contributed by atoms with Gasteiger partial charge in [0, 0.05) is 25.7 Å². The van der Waals surface area contributed by atoms with Crippen molar-refractivity contribution in [3.05, 3.63) is 0 Å². The van der Waals surface area contributed by atoms with E-state index in [1.807, 2.05) is 0 Å². The summed E-state index contributed by atoms with van der Waals surface area (Å²) in [5.74, 6) is 0.147. The molecule has 0 aromatic rings. The Morgan fingerprint density at radius 3 is 0.916 bits per heavy atom. The van der Waals surface area contributed by atoms with Crippen LogP contribution in [0.2, 0.25) is 0 Å². The number of unbranched alkanes of at least 4 members (excludes halogenated alkanes) is 28. The second-order valence-corrected chi connectivity index (χ2v) is 27.0. The molecule has 0 aliphatic heterocycles. The number of rotatable bonds is 62. The van der Waals surface area contributed by atoms with Crippen LogP contribution in [0.5, 0.6) is 0 Å². The molecule has 0 bridgehead atoms. The third kappa shape index (κ3) is 56.3. The van der Waals surface area contributed by atoms with Crippen molar-refractivity contribution in [1.82, 2.24) is 0 Å². The normalized spacial score (nSPS) is 15.0. The number of carbonyl (C=O) groups is 4. The maximum absolute atomic E-state index is 13.0. The standard InChI is InChI=1S/C64H124O17P2/c1-8-11-12-28-38-45-61(66)74-51-59(81-64(69)48-41-34-27-26-31-37-44-57(7)10-3)53-78-82(70,71)76-49-58(65)50-77-83(72,73)79-54-60(80-63(68)47-40-33-25-21-15-13-14-18-22-29-35-42-55(4)5)52-75-62(67)46-39-32-24-20-17-16-19-23-30-36-43-56(6)9-2/h55-60,65H,8-54H2,1-7H3,(H,70,71)(H,72,73)/t56?,57?,58-,59+,60+/m0/s1. The summed E-state index contributed by atoms with van der Waals surface area (Å²) in [5.41, 5.74) is 0. The average molecular weight is 1230 g/mol. The van der Waals surface area contributed by atoms with Gasteiger partial charge in [-0.15, -0.1) is 0 Å². The number of hydrogen-bond acceptors (Lipinski definition) is 15. The van der Waals surface area contributed by atoms with Gasteiger partial charge in [-0.3, -0.25) is 37.3 Å². The Labute approximate surface area is 505 Å². The second kappa shape index (κ2) is 55.4. The molecule has 0 saturated heterocycles. The molecule has 0 amide bonds. The number of aliphatic hydroxyl groups excluding tert-OH is 1. The lowest BCUT2D eigenvalue weighted by Gasteiger charge is -2.21. The van der Waals surface area contributed by atoms with Crippen LogP contribution in [-0.2, 0) is 65.4 Å². The van der Waals surface area contributed by atoms with Gasteiger partial charge in [0.2, 0.25) is 0 Å². The maximum Gasteiger partial charge on any atom is 0.472 e. The third-order valence-corrected chi connectivity index (χ3v) is 17.3. The van der Waals surface area contributed by atoms with Crippen LogP contribution in [-0.4, -0.2) is 96.7 Å². The zero-order valence-corrected chi connectivity index (χ0v) is 55.4. The lowest BCUT2D eigenvalue weighted by molar-refractivity contribution is -0.161. The largest absolute Gasteiger partial charge is 0.472 e. The van der Waals surface area contributed by atoms with E-state index in [0.29, 0.717) is 25.7 Å². The van der Waals surface area contributed by atoms with Crippen molar-refractivity contribution in [3.63, 3.8) is 0 Å². The van der Waals surface area contributed by atoms with Crippen molar-refractivity contribution in [2.24, 2.45) is 17.8 Å². The summed E-state index contributed by atoms with van der Waals surface area (Å²) < 4.78 is 67.8. The monoisotopic (exact) mass is 1230 g/mol. The molecule has 7 atom stereocenters. The van der Waals surface area contributed by atoms with Crippen LogP contribution in [0.3, 0.4) is 0 Å². The summed E-state index contributed by atoms with van der Waals surface area (Å²) in [6.07, 6.45) is 36.5. The fourth-order valence-electron chi connectivity index (χ4n) is 9.42. The van der Waals surface area contributed by atoms with Crippen LogP contribution >= 0.6 is 15.6 Å². The molecule has 0 heterocycles. The fraction of sp³-hybridized carbons (Fsp3) is 0.938. The number of phosphoric acid groups is 2. The van der Waals surface area contributed by atoms with Crippen molar-refractivity contribution >= 4 is 39.5 Å². The Kier molecular flexibility index (Phi) is 54.1. The number of esters is 4. The summed E-state index contributed by atoms with van der Waals surface area (Å²) in [4.78, 5) is 72.0. The summed E-state index contributed by atoms with van der Waals surface area (Å²) in [6, 6.07) is 0. The maximum atomic E-state index is 13.0. The SMILES string of the molecule is CCCCCCCC(=O)OC[C@H](COP(=O)(O)OC[C@H](O)COP(=O)(O)OC[C@@H](COC(=O)CCCCCCCCCCCCC(C)CC)OC(=O)CCCCCCCCCCCCCC(C)C)OC(=O)CCCCCCCCC(C)CC. The highest BCUT2D eigenvalue weighted by Gasteiger charge is 2.30. The van der Waals surface area contributed by atoms with Crippen molar-refractivity contribution < 1.29 is 80.2 Å². The molecule has 17 nitrogen and oxygen atoms in total. The van der Waals surface area contributed by atoms with Gasteiger partial charge in [-0.25, -0.2) is 9.13 Å². The second-order valence-electron chi connectivity index (χ2n) is 24.1. The van der Waals surface area contributed by atoms with Crippen molar-refractivity contribution in [3.8, 4) is 0 Å². The zero-order chi connectivity index (χ0) is 61.7. The van der Waals surface area contributed by atoms with Crippen LogP contribution in [0.25, 0.3) is 0 Å². The average Bonchev–Trinajstić information content (AvgIpc) is 3.49. The summed E-state index contributed by atoms with van der Waals surface area (Å²) in [7, 11) is -9.88. The van der Waals surface area contributed by atoms with Gasteiger partial charge in [-0.05, 0) is 43.4 Å². The first-order valence-electron chi connectivity index (χ1n) is 33.4. The Morgan fingerprint density at radius 2 is 0.614 bits per heavy atom. The molecular weight excluding hydrogens is 1100 g/mol. The summed E-state index contributed by atoms with van der Waals surface area (Å²) in [6.45, 7) is 11.7. The number of aliphatic hydroxyl groups is 1. The van der Waals surface area contributed by atoms with Crippen LogP contribution < -0.4 is 0 Å². The van der Waals surface area contributed by atoms with Gasteiger partial charge in [-0.2, -0.15) is 0 Å². The quantitative estimate of drug-likeness (QED) is 0.0222. The lowest BCUT2D eigenvalue weighted by Crippen LogP contribution is -2.30. The van der Waals surface area contributed by atoms with Crippen LogP contribution in [0.1, 0.15) is 312 Å². The van der Waals surface area contributed by atoms with E-state index in [4.69, 9.17) is 37.0 Å². The van der Waals surface area contributed by atoms with Crippen LogP contribution in [0.4, 0.5) is 0 Å². The lowest BCUT2D eigenvalue weighted by atomic mass is 9.99. The molecule has 83 heavy (non-hydrogen) atoms. The van der Waals surface area contributed by atoms with Gasteiger partial charge < -0.3 is 33.8 Å². The highest BCUT2D eigenvalue weighted by molar-refractivity contribution is 7.47. The molecule has 4 unspecified atom stereocenters. The Morgan fingerprint density at radius 1 is 0.349 bits per heavy atom. The highest BCUT2D eigenvalue weighted by atomic mass is 31.2. The predicted molar refractivity (Wildman–Crippen MR) is 331 cm³/mol. The van der Waals surface area contributed by atoms with Crippen LogP contribution in [0.15, 0.2) is 0 Å². The Bertz CT molecular complexity index is 1650. The van der Waals surface area contributed by atoms with E-state index in [0.717, 1.165) is 114 Å². The van der Waals surface area contributed by atoms with Crippen molar-refractivity contribution in [1.29, 1.82) is 0 Å². The van der Waals surface area contributed by atoms with Gasteiger partial charge in [0.1, 0.15) is 19.3 Å². The Hall–Kier alpha value is -1.94. The van der Waals surface area contributed by atoms with E-state index in [1.54, 1.807) is 0 Å². The third-order valence-electron chi connectivity index (χ3n) is 15.4. The first-order valence-corrected chi connectivity index (χ1v) is 36.4. The van der Waals surface area contributed by atoms with Crippen molar-refractivity contribution in [2.75, 3.05) is 39.6 Å². The summed E-state index contributed by atoms with van der Waals surface area (Å²) >= 11 is 0. The molecular formula is C64H124O17P2.